The summed E-state index contributed by atoms with van der Waals surface area (Å²) in [4.78, 5) is 25.0. The lowest BCUT2D eigenvalue weighted by Gasteiger charge is -2.31. The van der Waals surface area contributed by atoms with Crippen LogP contribution in [0.4, 0.5) is 0 Å². The number of unbranched alkanes of at least 4 members (excludes halogenated alkanes) is 2. The van der Waals surface area contributed by atoms with Crippen LogP contribution < -0.4 is 5.56 Å². The van der Waals surface area contributed by atoms with Gasteiger partial charge in [-0.05, 0) is 65.3 Å². The van der Waals surface area contributed by atoms with Crippen LogP contribution in [0, 0.1) is 0 Å². The lowest BCUT2D eigenvalue weighted by atomic mass is 9.72. The number of allylic oxidation sites excluding steroid dienone is 1. The highest BCUT2D eigenvalue weighted by Crippen LogP contribution is 2.51. The molecular weight excluding hydrogens is 450 g/mol. The van der Waals surface area contributed by atoms with E-state index in [0.717, 1.165) is 22.9 Å². The molecule has 0 amide bonds. The molecule has 4 aromatic rings. The van der Waals surface area contributed by atoms with E-state index < -0.39 is 0 Å². The summed E-state index contributed by atoms with van der Waals surface area (Å²) >= 11 is 0. The zero-order valence-corrected chi connectivity index (χ0v) is 20.2. The Morgan fingerprint density at radius 2 is 1.83 bits per heavy atom. The Balaban J connectivity index is 1.36. The van der Waals surface area contributed by atoms with Crippen molar-refractivity contribution in [2.24, 2.45) is 0 Å². The maximum Gasteiger partial charge on any atom is 0.333 e. The summed E-state index contributed by atoms with van der Waals surface area (Å²) in [6, 6.07) is 16.7. The van der Waals surface area contributed by atoms with Gasteiger partial charge >= 0.3 is 5.97 Å². The number of esters is 1. The SMILES string of the molecule is C=C(C)C(=O)OCCCCCn1c(O)c2c3c4c(ccc3c1=O)-c1cccc3cccc(c13)C4C=C2. The molecule has 0 bridgehead atoms. The molecule has 1 unspecified atom stereocenters. The average molecular weight is 478 g/mol. The molecule has 0 saturated heterocycles. The van der Waals surface area contributed by atoms with Gasteiger partial charge in [0.15, 0.2) is 0 Å². The number of pyridine rings is 1. The van der Waals surface area contributed by atoms with Gasteiger partial charge in [0.2, 0.25) is 5.88 Å². The highest BCUT2D eigenvalue weighted by Gasteiger charge is 2.32. The summed E-state index contributed by atoms with van der Waals surface area (Å²) < 4.78 is 6.61. The molecule has 0 radical (unpaired) electrons. The van der Waals surface area contributed by atoms with Gasteiger partial charge in [-0.1, -0.05) is 61.2 Å². The first-order valence-corrected chi connectivity index (χ1v) is 12.4. The first-order chi connectivity index (χ1) is 17.5. The fraction of sp³-hybridized carbons (Fsp3) is 0.226. The van der Waals surface area contributed by atoms with Crippen LogP contribution in [0.15, 0.2) is 71.6 Å². The van der Waals surface area contributed by atoms with Crippen molar-refractivity contribution in [2.75, 3.05) is 6.61 Å². The molecule has 36 heavy (non-hydrogen) atoms. The van der Waals surface area contributed by atoms with E-state index in [0.29, 0.717) is 42.5 Å². The standard InChI is InChI=1S/C31H27NO4/c1-18(2)31(35)36-17-5-3-4-16-32-29(33)24-14-12-22-20-10-6-8-19-9-7-11-21(26(19)20)23-13-15-25(30(32)34)28(24)27(22)23/h6-15,22,33H,1,3-5,16-17H2,2H3. The number of aromatic nitrogens is 1. The molecule has 0 fully saturated rings. The fourth-order valence-corrected chi connectivity index (χ4v) is 5.75. The average Bonchev–Trinajstić information content (AvgIpc) is 2.89. The molecule has 5 heteroatoms. The van der Waals surface area contributed by atoms with Crippen LogP contribution in [0.5, 0.6) is 5.88 Å². The minimum Gasteiger partial charge on any atom is -0.494 e. The largest absolute Gasteiger partial charge is 0.494 e. The van der Waals surface area contributed by atoms with Crippen molar-refractivity contribution in [1.29, 1.82) is 0 Å². The number of hydrogen-bond acceptors (Lipinski definition) is 4. The monoisotopic (exact) mass is 477 g/mol. The summed E-state index contributed by atoms with van der Waals surface area (Å²) in [5.74, 6) is -0.322. The molecule has 1 aromatic heterocycles. The maximum absolute atomic E-state index is 13.5. The van der Waals surface area contributed by atoms with Gasteiger partial charge in [0.05, 0.1) is 6.61 Å². The zero-order valence-electron chi connectivity index (χ0n) is 20.2. The van der Waals surface area contributed by atoms with E-state index in [4.69, 9.17) is 4.74 Å². The summed E-state index contributed by atoms with van der Waals surface area (Å²) in [5, 5.41) is 15.2. The molecule has 1 atom stereocenters. The van der Waals surface area contributed by atoms with Gasteiger partial charge in [-0.15, -0.1) is 0 Å². The van der Waals surface area contributed by atoms with Gasteiger partial charge in [0.25, 0.3) is 5.56 Å². The van der Waals surface area contributed by atoms with Crippen molar-refractivity contribution in [3.05, 3.63) is 93.8 Å². The molecule has 2 aliphatic carbocycles. The van der Waals surface area contributed by atoms with Gasteiger partial charge < -0.3 is 9.84 Å². The number of aromatic hydroxyl groups is 1. The Kier molecular flexibility index (Phi) is 5.29. The topological polar surface area (TPSA) is 68.5 Å². The lowest BCUT2D eigenvalue weighted by molar-refractivity contribution is -0.139. The minimum absolute atomic E-state index is 0.0152. The minimum atomic E-state index is -0.384. The van der Waals surface area contributed by atoms with Gasteiger partial charge in [-0.25, -0.2) is 4.79 Å². The Labute approximate surface area is 209 Å². The highest BCUT2D eigenvalue weighted by molar-refractivity contribution is 6.09. The Hall–Kier alpha value is -4.12. The van der Waals surface area contributed by atoms with Gasteiger partial charge in [0, 0.05) is 34.4 Å². The van der Waals surface area contributed by atoms with Crippen molar-refractivity contribution >= 4 is 33.6 Å². The van der Waals surface area contributed by atoms with E-state index in [9.17, 15) is 14.7 Å². The van der Waals surface area contributed by atoms with Crippen molar-refractivity contribution < 1.29 is 14.6 Å². The number of carbonyl (C=O) groups excluding carboxylic acids is 1. The summed E-state index contributed by atoms with van der Waals surface area (Å²) in [6.07, 6.45) is 6.27. The van der Waals surface area contributed by atoms with Crippen molar-refractivity contribution in [3.63, 3.8) is 0 Å². The Morgan fingerprint density at radius 1 is 1.03 bits per heavy atom. The molecule has 6 rings (SSSR count). The van der Waals surface area contributed by atoms with Crippen LogP contribution in [-0.4, -0.2) is 22.2 Å². The molecule has 5 nitrogen and oxygen atoms in total. The number of ether oxygens (including phenoxy) is 1. The first kappa shape index (κ1) is 22.4. The van der Waals surface area contributed by atoms with E-state index in [2.05, 4.69) is 55.1 Å². The Morgan fingerprint density at radius 3 is 2.64 bits per heavy atom. The van der Waals surface area contributed by atoms with Crippen LogP contribution in [0.3, 0.4) is 0 Å². The molecule has 2 aliphatic rings. The van der Waals surface area contributed by atoms with E-state index in [1.807, 2.05) is 12.1 Å². The van der Waals surface area contributed by atoms with E-state index in [-0.39, 0.29) is 23.3 Å². The zero-order chi connectivity index (χ0) is 25.0. The molecule has 180 valence electrons. The van der Waals surface area contributed by atoms with Crippen LogP contribution >= 0.6 is 0 Å². The molecular formula is C31H27NO4. The van der Waals surface area contributed by atoms with Gasteiger partial charge in [-0.2, -0.15) is 0 Å². The second-order valence-corrected chi connectivity index (χ2v) is 9.71. The summed E-state index contributed by atoms with van der Waals surface area (Å²) in [7, 11) is 0. The molecule has 0 spiro atoms. The number of hydrogen-bond donors (Lipinski definition) is 1. The number of nitrogens with zero attached hydrogens (tertiary/aromatic N) is 1. The third-order valence-corrected chi connectivity index (χ3v) is 7.42. The van der Waals surface area contributed by atoms with Crippen LogP contribution in [0.1, 0.15) is 48.8 Å². The molecule has 1 N–H and O–H groups in total. The van der Waals surface area contributed by atoms with Crippen LogP contribution in [-0.2, 0) is 16.1 Å². The van der Waals surface area contributed by atoms with Gasteiger partial charge in [-0.3, -0.25) is 9.36 Å². The first-order valence-electron chi connectivity index (χ1n) is 12.4. The van der Waals surface area contributed by atoms with E-state index in [1.54, 1.807) is 6.92 Å². The second kappa shape index (κ2) is 8.52. The molecule has 0 saturated carbocycles. The van der Waals surface area contributed by atoms with Crippen LogP contribution in [0.2, 0.25) is 0 Å². The highest BCUT2D eigenvalue weighted by atomic mass is 16.5. The second-order valence-electron chi connectivity index (χ2n) is 9.71. The summed E-state index contributed by atoms with van der Waals surface area (Å²) in [5.41, 5.74) is 5.57. The summed E-state index contributed by atoms with van der Waals surface area (Å²) in [6.45, 7) is 5.92. The van der Waals surface area contributed by atoms with Gasteiger partial charge in [0.1, 0.15) is 0 Å². The number of benzene rings is 3. The van der Waals surface area contributed by atoms with E-state index >= 15 is 0 Å². The maximum atomic E-state index is 13.5. The van der Waals surface area contributed by atoms with Crippen molar-refractivity contribution in [2.45, 2.75) is 38.6 Å². The van der Waals surface area contributed by atoms with Crippen LogP contribution in [0.25, 0.3) is 38.7 Å². The third kappa shape index (κ3) is 3.30. The normalized spacial score (nSPS) is 14.9. The fourth-order valence-electron chi connectivity index (χ4n) is 5.75. The lowest BCUT2D eigenvalue weighted by Crippen LogP contribution is -2.23. The predicted molar refractivity (Wildman–Crippen MR) is 143 cm³/mol. The Bertz CT molecular complexity index is 1670. The number of rotatable bonds is 7. The molecule has 3 aromatic carbocycles. The van der Waals surface area contributed by atoms with Crippen molar-refractivity contribution in [3.8, 4) is 17.0 Å². The quantitative estimate of drug-likeness (QED) is 0.193. The van der Waals surface area contributed by atoms with E-state index in [1.165, 1.54) is 26.5 Å². The molecule has 1 heterocycles. The number of carbonyl (C=O) groups is 1. The third-order valence-electron chi connectivity index (χ3n) is 7.42. The predicted octanol–water partition coefficient (Wildman–Crippen LogP) is 6.29. The number of fused-ring (bicyclic) bond motifs is 2. The molecule has 0 aliphatic heterocycles. The smallest absolute Gasteiger partial charge is 0.333 e. The van der Waals surface area contributed by atoms with Crippen molar-refractivity contribution in [1.82, 2.24) is 4.57 Å².